The van der Waals surface area contributed by atoms with E-state index in [1.165, 1.54) is 0 Å². The molecule has 0 heterocycles. The summed E-state index contributed by atoms with van der Waals surface area (Å²) in [5.74, 6) is 0.880. The maximum atomic E-state index is 5.10. The summed E-state index contributed by atoms with van der Waals surface area (Å²) in [4.78, 5) is 0. The highest BCUT2D eigenvalue weighted by Gasteiger charge is 1.90. The van der Waals surface area contributed by atoms with E-state index in [1.54, 1.807) is 7.11 Å². The molecule has 0 amide bonds. The van der Waals surface area contributed by atoms with Gasteiger partial charge >= 0.3 is 0 Å². The van der Waals surface area contributed by atoms with E-state index in [1.807, 2.05) is 42.5 Å². The summed E-state index contributed by atoms with van der Waals surface area (Å²) in [6.07, 6.45) is 4.14. The molecule has 16 heavy (non-hydrogen) atoms. The second-order valence-corrected chi connectivity index (χ2v) is 3.44. The zero-order valence-corrected chi connectivity index (χ0v) is 9.18. The zero-order chi connectivity index (χ0) is 11.2. The Balaban J connectivity index is 2.12. The van der Waals surface area contributed by atoms with Crippen LogP contribution in [0, 0.1) is 6.07 Å². The average molecular weight is 209 g/mol. The molecule has 0 saturated carbocycles. The van der Waals surface area contributed by atoms with Crippen molar-refractivity contribution in [2.24, 2.45) is 0 Å². The lowest BCUT2D eigenvalue weighted by atomic mass is 10.1. The highest BCUT2D eigenvalue weighted by Crippen LogP contribution is 2.13. The second-order valence-electron chi connectivity index (χ2n) is 3.44. The molecule has 0 spiro atoms. The fourth-order valence-electron chi connectivity index (χ4n) is 1.42. The third-order valence-corrected chi connectivity index (χ3v) is 2.32. The summed E-state index contributed by atoms with van der Waals surface area (Å²) in [7, 11) is 1.67. The van der Waals surface area contributed by atoms with Crippen LogP contribution in [0.1, 0.15) is 11.1 Å². The number of hydrogen-bond acceptors (Lipinski definition) is 1. The molecule has 0 aromatic heterocycles. The molecule has 2 rings (SSSR count). The average Bonchev–Trinajstić information content (AvgIpc) is 2.38. The molecule has 2 aromatic carbocycles. The van der Waals surface area contributed by atoms with Crippen molar-refractivity contribution in [3.05, 3.63) is 65.7 Å². The van der Waals surface area contributed by atoms with Crippen LogP contribution < -0.4 is 4.74 Å². The van der Waals surface area contributed by atoms with Crippen LogP contribution in [0.4, 0.5) is 0 Å². The molecule has 0 unspecified atom stereocenters. The van der Waals surface area contributed by atoms with Crippen molar-refractivity contribution in [1.29, 1.82) is 0 Å². The quantitative estimate of drug-likeness (QED) is 0.701. The van der Waals surface area contributed by atoms with Crippen LogP contribution >= 0.6 is 0 Å². The predicted molar refractivity (Wildman–Crippen MR) is 67.2 cm³/mol. The maximum Gasteiger partial charge on any atom is 0.118 e. The van der Waals surface area contributed by atoms with Crippen LogP contribution in [0.3, 0.4) is 0 Å². The van der Waals surface area contributed by atoms with Gasteiger partial charge in [-0.3, -0.25) is 0 Å². The molecule has 0 aliphatic rings. The summed E-state index contributed by atoms with van der Waals surface area (Å²) in [6, 6.07) is 18.9. The fourth-order valence-corrected chi connectivity index (χ4v) is 1.42. The normalized spacial score (nSPS) is 10.6. The van der Waals surface area contributed by atoms with E-state index in [4.69, 9.17) is 4.74 Å². The van der Waals surface area contributed by atoms with E-state index >= 15 is 0 Å². The molecule has 0 fully saturated rings. The van der Waals surface area contributed by atoms with E-state index in [0.29, 0.717) is 0 Å². The maximum absolute atomic E-state index is 5.10. The molecule has 1 nitrogen and oxygen atoms in total. The van der Waals surface area contributed by atoms with Crippen LogP contribution in [0.15, 0.2) is 48.5 Å². The van der Waals surface area contributed by atoms with Gasteiger partial charge in [0, 0.05) is 0 Å². The van der Waals surface area contributed by atoms with E-state index < -0.39 is 0 Å². The molecule has 0 aliphatic heterocycles. The summed E-state index contributed by atoms with van der Waals surface area (Å²) < 4.78 is 5.10. The Kier molecular flexibility index (Phi) is 3.39. The van der Waals surface area contributed by atoms with E-state index in [-0.39, 0.29) is 0 Å². The molecular weight excluding hydrogens is 196 g/mol. The Morgan fingerprint density at radius 2 is 1.75 bits per heavy atom. The van der Waals surface area contributed by atoms with Gasteiger partial charge in [0.05, 0.1) is 7.11 Å². The summed E-state index contributed by atoms with van der Waals surface area (Å²) in [5, 5.41) is 0. The van der Waals surface area contributed by atoms with Gasteiger partial charge in [-0.25, -0.2) is 0 Å². The van der Waals surface area contributed by atoms with E-state index in [0.717, 1.165) is 16.9 Å². The first-order valence-electron chi connectivity index (χ1n) is 5.17. The molecule has 2 aromatic rings. The molecule has 0 N–H and O–H groups in total. The lowest BCUT2D eigenvalue weighted by Gasteiger charge is -1.99. The fraction of sp³-hybridized carbons (Fsp3) is 0.0667. The van der Waals surface area contributed by atoms with Crippen molar-refractivity contribution >= 4 is 12.2 Å². The standard InChI is InChI=1S/C15H13O/c1-16-15-11-9-14(10-12-15)8-7-13-5-3-2-4-6-13/h2-3,5-12H,1H3/b8-7+. The van der Waals surface area contributed by atoms with E-state index in [2.05, 4.69) is 24.3 Å². The third kappa shape index (κ3) is 2.74. The highest BCUT2D eigenvalue weighted by atomic mass is 16.5. The lowest BCUT2D eigenvalue weighted by Crippen LogP contribution is -1.81. The third-order valence-electron chi connectivity index (χ3n) is 2.32. The Morgan fingerprint density at radius 1 is 1.00 bits per heavy atom. The van der Waals surface area contributed by atoms with Crippen LogP contribution in [0.2, 0.25) is 0 Å². The number of hydrogen-bond donors (Lipinski definition) is 0. The van der Waals surface area contributed by atoms with E-state index in [9.17, 15) is 0 Å². The van der Waals surface area contributed by atoms with Gasteiger partial charge < -0.3 is 4.74 Å². The minimum atomic E-state index is 0.880. The monoisotopic (exact) mass is 209 g/mol. The van der Waals surface area contributed by atoms with Crippen LogP contribution in [0.25, 0.3) is 12.2 Å². The van der Waals surface area contributed by atoms with Crippen molar-refractivity contribution in [2.45, 2.75) is 0 Å². The van der Waals surface area contributed by atoms with Crippen molar-refractivity contribution < 1.29 is 4.74 Å². The Morgan fingerprint density at radius 3 is 2.38 bits per heavy atom. The molecule has 0 bridgehead atoms. The topological polar surface area (TPSA) is 9.23 Å². The van der Waals surface area contributed by atoms with Gasteiger partial charge in [0.1, 0.15) is 5.75 Å². The molecule has 1 radical (unpaired) electrons. The first-order chi connectivity index (χ1) is 7.88. The van der Waals surface area contributed by atoms with Crippen molar-refractivity contribution in [1.82, 2.24) is 0 Å². The van der Waals surface area contributed by atoms with Crippen LogP contribution in [-0.4, -0.2) is 7.11 Å². The smallest absolute Gasteiger partial charge is 0.118 e. The SMILES string of the molecule is COc1ccc(/C=C/c2c[c]ccc2)cc1. The Labute approximate surface area is 96.0 Å². The number of benzene rings is 2. The lowest BCUT2D eigenvalue weighted by molar-refractivity contribution is 0.415. The number of rotatable bonds is 3. The molecule has 79 valence electrons. The minimum Gasteiger partial charge on any atom is -0.497 e. The van der Waals surface area contributed by atoms with Gasteiger partial charge in [-0.1, -0.05) is 42.5 Å². The van der Waals surface area contributed by atoms with Crippen molar-refractivity contribution in [3.63, 3.8) is 0 Å². The minimum absolute atomic E-state index is 0.880. The largest absolute Gasteiger partial charge is 0.497 e. The predicted octanol–water partition coefficient (Wildman–Crippen LogP) is 3.67. The molecule has 1 heteroatoms. The van der Waals surface area contributed by atoms with Gasteiger partial charge in [0.15, 0.2) is 0 Å². The molecule has 0 saturated heterocycles. The second kappa shape index (κ2) is 5.17. The van der Waals surface area contributed by atoms with Gasteiger partial charge in [-0.15, -0.1) is 0 Å². The zero-order valence-electron chi connectivity index (χ0n) is 9.18. The van der Waals surface area contributed by atoms with Crippen molar-refractivity contribution in [2.75, 3.05) is 7.11 Å². The number of ether oxygens (including phenoxy) is 1. The first kappa shape index (κ1) is 10.5. The Bertz CT molecular complexity index is 455. The van der Waals surface area contributed by atoms with Crippen LogP contribution in [0.5, 0.6) is 5.75 Å². The van der Waals surface area contributed by atoms with Crippen molar-refractivity contribution in [3.8, 4) is 5.75 Å². The summed E-state index contributed by atoms with van der Waals surface area (Å²) >= 11 is 0. The molecule has 0 aliphatic carbocycles. The van der Waals surface area contributed by atoms with Gasteiger partial charge in [-0.05, 0) is 35.4 Å². The highest BCUT2D eigenvalue weighted by molar-refractivity contribution is 5.69. The molecular formula is C15H13O. The van der Waals surface area contributed by atoms with Gasteiger partial charge in [-0.2, -0.15) is 0 Å². The van der Waals surface area contributed by atoms with Crippen LogP contribution in [-0.2, 0) is 0 Å². The summed E-state index contributed by atoms with van der Waals surface area (Å²) in [5.41, 5.74) is 2.31. The molecule has 0 atom stereocenters. The van der Waals surface area contributed by atoms with Gasteiger partial charge in [0.25, 0.3) is 0 Å². The first-order valence-corrected chi connectivity index (χ1v) is 5.17. The summed E-state index contributed by atoms with van der Waals surface area (Å²) in [6.45, 7) is 0. The van der Waals surface area contributed by atoms with Gasteiger partial charge in [0.2, 0.25) is 0 Å². The number of methoxy groups -OCH3 is 1. The Hall–Kier alpha value is -2.02.